The normalized spacial score (nSPS) is 10.8. The molecular weight excluding hydrogens is 344 g/mol. The summed E-state index contributed by atoms with van der Waals surface area (Å²) in [5, 5.41) is 16.6. The molecule has 0 aliphatic heterocycles. The van der Waals surface area contributed by atoms with Crippen molar-refractivity contribution in [1.29, 1.82) is 0 Å². The minimum Gasteiger partial charge on any atom is -0.363 e. The van der Waals surface area contributed by atoms with Gasteiger partial charge in [-0.15, -0.1) is 0 Å². The molecule has 0 amide bonds. The molecule has 0 atom stereocenters. The number of thiocarbonyl (C=S) groups is 1. The first-order chi connectivity index (χ1) is 11.5. The van der Waals surface area contributed by atoms with E-state index in [0.717, 1.165) is 50.4 Å². The molecule has 0 radical (unpaired) electrons. The third-order valence-electron chi connectivity index (χ3n) is 3.67. The van der Waals surface area contributed by atoms with Crippen LogP contribution in [0.4, 0.5) is 0 Å². The lowest BCUT2D eigenvalue weighted by atomic mass is 10.4. The summed E-state index contributed by atoms with van der Waals surface area (Å²) >= 11 is 11.3. The highest BCUT2D eigenvalue weighted by atomic mass is 35.5. The van der Waals surface area contributed by atoms with Crippen molar-refractivity contribution in [3.63, 3.8) is 0 Å². The van der Waals surface area contributed by atoms with Crippen LogP contribution in [0.15, 0.2) is 12.3 Å². The van der Waals surface area contributed by atoms with Crippen molar-refractivity contribution < 1.29 is 0 Å². The van der Waals surface area contributed by atoms with E-state index in [-0.39, 0.29) is 0 Å². The van der Waals surface area contributed by atoms with Gasteiger partial charge in [0, 0.05) is 38.1 Å². The Labute approximate surface area is 153 Å². The van der Waals surface area contributed by atoms with Gasteiger partial charge in [0.2, 0.25) is 0 Å². The summed E-state index contributed by atoms with van der Waals surface area (Å²) in [6.07, 6.45) is 3.77. The summed E-state index contributed by atoms with van der Waals surface area (Å²) < 4.78 is 3.90. The van der Waals surface area contributed by atoms with Crippen LogP contribution in [0.2, 0.25) is 5.02 Å². The maximum absolute atomic E-state index is 5.98. The maximum atomic E-state index is 5.98. The molecule has 2 aromatic rings. The van der Waals surface area contributed by atoms with Gasteiger partial charge < -0.3 is 10.6 Å². The second kappa shape index (κ2) is 9.03. The van der Waals surface area contributed by atoms with Crippen LogP contribution in [0.25, 0.3) is 0 Å². The molecule has 2 aromatic heterocycles. The Balaban J connectivity index is 1.54. The molecule has 0 spiro atoms. The van der Waals surface area contributed by atoms with E-state index < -0.39 is 0 Å². The van der Waals surface area contributed by atoms with E-state index in [1.165, 1.54) is 5.69 Å². The number of aryl methyl sites for hydroxylation is 5. The monoisotopic (exact) mass is 368 g/mol. The van der Waals surface area contributed by atoms with Crippen molar-refractivity contribution >= 4 is 28.9 Å². The number of hydrogen-bond donors (Lipinski definition) is 2. The van der Waals surface area contributed by atoms with Gasteiger partial charge >= 0.3 is 0 Å². The van der Waals surface area contributed by atoms with E-state index in [2.05, 4.69) is 33.8 Å². The summed E-state index contributed by atoms with van der Waals surface area (Å²) in [6.45, 7) is 9.35. The third-order valence-corrected chi connectivity index (χ3v) is 4.33. The highest BCUT2D eigenvalue weighted by molar-refractivity contribution is 7.80. The van der Waals surface area contributed by atoms with Crippen LogP contribution in [-0.4, -0.2) is 37.8 Å². The quantitative estimate of drug-likeness (QED) is 0.554. The van der Waals surface area contributed by atoms with E-state index in [4.69, 9.17) is 23.8 Å². The summed E-state index contributed by atoms with van der Waals surface area (Å²) in [5.41, 5.74) is 3.12. The minimum absolute atomic E-state index is 0.693. The molecule has 0 unspecified atom stereocenters. The van der Waals surface area contributed by atoms with Gasteiger partial charge in [0.1, 0.15) is 0 Å². The largest absolute Gasteiger partial charge is 0.363 e. The van der Waals surface area contributed by atoms with Crippen LogP contribution in [0.3, 0.4) is 0 Å². The van der Waals surface area contributed by atoms with Crippen molar-refractivity contribution in [2.45, 2.75) is 46.7 Å². The molecule has 8 heteroatoms. The van der Waals surface area contributed by atoms with Gasteiger partial charge in [-0.1, -0.05) is 11.6 Å². The zero-order valence-corrected chi connectivity index (χ0v) is 16.0. The van der Waals surface area contributed by atoms with Gasteiger partial charge in [-0.3, -0.25) is 9.36 Å². The van der Waals surface area contributed by atoms with Crippen LogP contribution < -0.4 is 10.6 Å². The van der Waals surface area contributed by atoms with Gasteiger partial charge in [0.25, 0.3) is 0 Å². The highest BCUT2D eigenvalue weighted by Crippen LogP contribution is 2.11. The Morgan fingerprint density at radius 1 is 1.12 bits per heavy atom. The van der Waals surface area contributed by atoms with Crippen molar-refractivity contribution in [1.82, 2.24) is 30.2 Å². The zero-order valence-electron chi connectivity index (χ0n) is 14.5. The molecular formula is C16H25ClN6S. The van der Waals surface area contributed by atoms with Gasteiger partial charge in [0.15, 0.2) is 5.11 Å². The molecule has 24 heavy (non-hydrogen) atoms. The topological polar surface area (TPSA) is 59.7 Å². The smallest absolute Gasteiger partial charge is 0.166 e. The first-order valence-electron chi connectivity index (χ1n) is 8.18. The van der Waals surface area contributed by atoms with E-state index in [9.17, 15) is 0 Å². The van der Waals surface area contributed by atoms with Crippen LogP contribution in [0.1, 0.15) is 29.9 Å². The van der Waals surface area contributed by atoms with E-state index in [1.807, 2.05) is 29.4 Å². The van der Waals surface area contributed by atoms with Crippen LogP contribution in [0.5, 0.6) is 0 Å². The molecule has 0 bridgehead atoms. The van der Waals surface area contributed by atoms with Crippen LogP contribution in [-0.2, 0) is 13.1 Å². The number of rotatable bonds is 8. The number of nitrogens with zero attached hydrogens (tertiary/aromatic N) is 4. The Bertz CT molecular complexity index is 659. The molecule has 132 valence electrons. The summed E-state index contributed by atoms with van der Waals surface area (Å²) in [7, 11) is 0. The first-order valence-corrected chi connectivity index (χ1v) is 8.96. The second-order valence-electron chi connectivity index (χ2n) is 5.87. The molecule has 0 aliphatic rings. The highest BCUT2D eigenvalue weighted by Gasteiger charge is 2.02. The van der Waals surface area contributed by atoms with Crippen molar-refractivity contribution in [3.8, 4) is 0 Å². The van der Waals surface area contributed by atoms with Crippen molar-refractivity contribution in [2.75, 3.05) is 13.1 Å². The zero-order chi connectivity index (χ0) is 17.5. The summed E-state index contributed by atoms with van der Waals surface area (Å²) in [5.74, 6) is 0. The van der Waals surface area contributed by atoms with E-state index >= 15 is 0 Å². The fourth-order valence-corrected chi connectivity index (χ4v) is 2.80. The summed E-state index contributed by atoms with van der Waals surface area (Å²) in [4.78, 5) is 0. The molecule has 2 rings (SSSR count). The molecule has 6 nitrogen and oxygen atoms in total. The average Bonchev–Trinajstić information content (AvgIpc) is 3.01. The predicted molar refractivity (Wildman–Crippen MR) is 102 cm³/mol. The Morgan fingerprint density at radius 3 is 2.33 bits per heavy atom. The fourth-order valence-electron chi connectivity index (χ4n) is 2.45. The second-order valence-corrected chi connectivity index (χ2v) is 6.68. The summed E-state index contributed by atoms with van der Waals surface area (Å²) in [6, 6.07) is 2.09. The van der Waals surface area contributed by atoms with Gasteiger partial charge in [-0.2, -0.15) is 10.2 Å². The number of aromatic nitrogens is 4. The number of halogens is 1. The lowest BCUT2D eigenvalue weighted by Crippen LogP contribution is -2.36. The minimum atomic E-state index is 0.693. The lowest BCUT2D eigenvalue weighted by molar-refractivity contribution is 0.552. The van der Waals surface area contributed by atoms with Gasteiger partial charge in [0.05, 0.1) is 16.4 Å². The van der Waals surface area contributed by atoms with Crippen LogP contribution >= 0.6 is 23.8 Å². The standard InChI is InChI=1S/C16H25ClN6S/c1-12-10-13(2)23(20-12)9-5-7-19-16(24)18-6-4-8-22-11-15(17)14(3)21-22/h10-11H,4-9H2,1-3H3,(H2,18,19,24). The molecule has 0 aliphatic carbocycles. The number of hydrogen-bond acceptors (Lipinski definition) is 3. The molecule has 2 N–H and O–H groups in total. The molecule has 0 aromatic carbocycles. The molecule has 2 heterocycles. The maximum Gasteiger partial charge on any atom is 0.166 e. The van der Waals surface area contributed by atoms with E-state index in [1.54, 1.807) is 0 Å². The Hall–Kier alpha value is -1.60. The predicted octanol–water partition coefficient (Wildman–Crippen LogP) is 2.60. The Kier molecular flexibility index (Phi) is 7.05. The third kappa shape index (κ3) is 5.79. The fraction of sp³-hybridized carbons (Fsp3) is 0.562. The van der Waals surface area contributed by atoms with E-state index in [0.29, 0.717) is 10.1 Å². The van der Waals surface area contributed by atoms with Crippen molar-refractivity contribution in [3.05, 3.63) is 34.4 Å². The van der Waals surface area contributed by atoms with Gasteiger partial charge in [-0.25, -0.2) is 0 Å². The molecule has 0 fully saturated rings. The van der Waals surface area contributed by atoms with Crippen molar-refractivity contribution in [2.24, 2.45) is 0 Å². The average molecular weight is 369 g/mol. The lowest BCUT2D eigenvalue weighted by Gasteiger charge is -2.11. The van der Waals surface area contributed by atoms with Gasteiger partial charge in [-0.05, 0) is 51.9 Å². The number of nitrogens with one attached hydrogen (secondary N) is 2. The van der Waals surface area contributed by atoms with Crippen LogP contribution in [0, 0.1) is 20.8 Å². The first kappa shape index (κ1) is 18.7. The molecule has 0 saturated carbocycles. The molecule has 0 saturated heterocycles. The SMILES string of the molecule is Cc1cc(C)n(CCCNC(=S)NCCCn2cc(Cl)c(C)n2)n1. The Morgan fingerprint density at radius 2 is 1.79 bits per heavy atom.